The fourth-order valence-corrected chi connectivity index (χ4v) is 1.93. The Balaban J connectivity index is 2.23. The first-order chi connectivity index (χ1) is 9.49. The molecule has 2 rings (SSSR count). The second-order valence-corrected chi connectivity index (χ2v) is 4.76. The molecule has 0 aliphatic heterocycles. The maximum absolute atomic E-state index is 12.2. The number of nitrogen functional groups attached to an aromatic ring is 1. The minimum absolute atomic E-state index is 0.291. The first-order valence-electron chi connectivity index (χ1n) is 6.02. The zero-order chi connectivity index (χ0) is 14.7. The standard InChI is InChI=1S/C14H14ClN3O2/c1-9(18-8-10(16)6-7-13(18)19)14(20)17-12-5-3-2-4-11(12)15/h2-9H,16H2,1H3,(H,17,20). The van der Waals surface area contributed by atoms with Crippen LogP contribution >= 0.6 is 11.6 Å². The average Bonchev–Trinajstić information content (AvgIpc) is 2.43. The topological polar surface area (TPSA) is 77.1 Å². The highest BCUT2D eigenvalue weighted by molar-refractivity contribution is 6.33. The summed E-state index contributed by atoms with van der Waals surface area (Å²) in [4.78, 5) is 23.9. The van der Waals surface area contributed by atoms with E-state index in [-0.39, 0.29) is 11.5 Å². The van der Waals surface area contributed by atoms with E-state index in [1.54, 1.807) is 31.2 Å². The van der Waals surface area contributed by atoms with Crippen molar-refractivity contribution in [3.63, 3.8) is 0 Å². The van der Waals surface area contributed by atoms with Crippen LogP contribution in [0.15, 0.2) is 47.4 Å². The Morgan fingerprint density at radius 3 is 2.70 bits per heavy atom. The van der Waals surface area contributed by atoms with Gasteiger partial charge in [0.2, 0.25) is 5.91 Å². The van der Waals surface area contributed by atoms with Crippen molar-refractivity contribution < 1.29 is 4.79 Å². The number of rotatable bonds is 3. The summed E-state index contributed by atoms with van der Waals surface area (Å²) in [5, 5.41) is 3.12. The second-order valence-electron chi connectivity index (χ2n) is 4.35. The third-order valence-electron chi connectivity index (χ3n) is 2.89. The van der Waals surface area contributed by atoms with Crippen LogP contribution in [0.3, 0.4) is 0 Å². The van der Waals surface area contributed by atoms with E-state index >= 15 is 0 Å². The van der Waals surface area contributed by atoms with Gasteiger partial charge in [0.25, 0.3) is 5.56 Å². The highest BCUT2D eigenvalue weighted by Gasteiger charge is 2.17. The number of hydrogen-bond donors (Lipinski definition) is 2. The number of anilines is 2. The van der Waals surface area contributed by atoms with E-state index in [0.717, 1.165) is 0 Å². The van der Waals surface area contributed by atoms with E-state index in [2.05, 4.69) is 5.32 Å². The number of halogens is 1. The smallest absolute Gasteiger partial charge is 0.251 e. The van der Waals surface area contributed by atoms with Crippen LogP contribution in [0, 0.1) is 0 Å². The largest absolute Gasteiger partial charge is 0.398 e. The molecule has 20 heavy (non-hydrogen) atoms. The summed E-state index contributed by atoms with van der Waals surface area (Å²) >= 11 is 5.97. The summed E-state index contributed by atoms with van der Waals surface area (Å²) < 4.78 is 1.28. The Morgan fingerprint density at radius 1 is 1.30 bits per heavy atom. The van der Waals surface area contributed by atoms with Gasteiger partial charge in [0.05, 0.1) is 10.7 Å². The number of carbonyl (C=O) groups excluding carboxylic acids is 1. The lowest BCUT2D eigenvalue weighted by atomic mass is 10.2. The molecule has 6 heteroatoms. The van der Waals surface area contributed by atoms with Gasteiger partial charge in [-0.05, 0) is 25.1 Å². The summed E-state index contributed by atoms with van der Waals surface area (Å²) in [6.45, 7) is 1.62. The Kier molecular flexibility index (Phi) is 4.10. The van der Waals surface area contributed by atoms with Crippen LogP contribution < -0.4 is 16.6 Å². The molecule has 0 spiro atoms. The van der Waals surface area contributed by atoms with Crippen molar-refractivity contribution >= 4 is 28.9 Å². The Bertz CT molecular complexity index is 697. The van der Waals surface area contributed by atoms with E-state index in [1.807, 2.05) is 0 Å². The number of para-hydroxylation sites is 1. The summed E-state index contributed by atoms with van der Waals surface area (Å²) in [7, 11) is 0. The minimum Gasteiger partial charge on any atom is -0.398 e. The number of hydrogen-bond acceptors (Lipinski definition) is 3. The molecular formula is C14H14ClN3O2. The number of aromatic nitrogens is 1. The molecule has 5 nitrogen and oxygen atoms in total. The molecule has 2 aromatic rings. The van der Waals surface area contributed by atoms with Gasteiger partial charge in [0.1, 0.15) is 6.04 Å². The van der Waals surface area contributed by atoms with E-state index in [9.17, 15) is 9.59 Å². The van der Waals surface area contributed by atoms with E-state index in [4.69, 9.17) is 17.3 Å². The zero-order valence-corrected chi connectivity index (χ0v) is 11.6. The number of nitrogens with two attached hydrogens (primary N) is 1. The monoisotopic (exact) mass is 291 g/mol. The first-order valence-corrected chi connectivity index (χ1v) is 6.40. The third-order valence-corrected chi connectivity index (χ3v) is 3.22. The number of pyridine rings is 1. The van der Waals surface area contributed by atoms with Crippen LogP contribution in [0.1, 0.15) is 13.0 Å². The molecule has 3 N–H and O–H groups in total. The molecule has 0 aliphatic carbocycles. The molecule has 1 aromatic heterocycles. The molecule has 1 amide bonds. The molecular weight excluding hydrogens is 278 g/mol. The van der Waals surface area contributed by atoms with Crippen molar-refractivity contribution in [2.24, 2.45) is 0 Å². The van der Waals surface area contributed by atoms with Gasteiger partial charge in [-0.1, -0.05) is 23.7 Å². The summed E-state index contributed by atoms with van der Waals surface area (Å²) in [5.74, 6) is -0.342. The van der Waals surface area contributed by atoms with Crippen molar-refractivity contribution in [1.82, 2.24) is 4.57 Å². The van der Waals surface area contributed by atoms with Gasteiger partial charge in [-0.3, -0.25) is 9.59 Å². The van der Waals surface area contributed by atoms with Gasteiger partial charge in [-0.15, -0.1) is 0 Å². The summed E-state index contributed by atoms with van der Waals surface area (Å²) in [6.07, 6.45) is 1.44. The van der Waals surface area contributed by atoms with Crippen LogP contribution in [-0.2, 0) is 4.79 Å². The lowest BCUT2D eigenvalue weighted by molar-refractivity contribution is -0.118. The highest BCUT2D eigenvalue weighted by atomic mass is 35.5. The molecule has 0 fully saturated rings. The minimum atomic E-state index is -0.692. The zero-order valence-electron chi connectivity index (χ0n) is 10.8. The lowest BCUT2D eigenvalue weighted by Crippen LogP contribution is -2.31. The fourth-order valence-electron chi connectivity index (χ4n) is 1.75. The predicted molar refractivity (Wildman–Crippen MR) is 79.9 cm³/mol. The quantitative estimate of drug-likeness (QED) is 0.911. The first kappa shape index (κ1) is 14.1. The molecule has 0 radical (unpaired) electrons. The second kappa shape index (κ2) is 5.79. The highest BCUT2D eigenvalue weighted by Crippen LogP contribution is 2.21. The lowest BCUT2D eigenvalue weighted by Gasteiger charge is -2.16. The van der Waals surface area contributed by atoms with Crippen molar-refractivity contribution in [3.8, 4) is 0 Å². The van der Waals surface area contributed by atoms with Crippen molar-refractivity contribution in [2.45, 2.75) is 13.0 Å². The molecule has 0 saturated carbocycles. The molecule has 104 valence electrons. The predicted octanol–water partition coefficient (Wildman–Crippen LogP) is 2.28. The Labute approximate surface area is 121 Å². The SMILES string of the molecule is CC(C(=O)Nc1ccccc1Cl)n1cc(N)ccc1=O. The molecule has 1 atom stereocenters. The van der Waals surface area contributed by atoms with Gasteiger partial charge in [0.15, 0.2) is 0 Å². The molecule has 1 unspecified atom stereocenters. The van der Waals surface area contributed by atoms with Crippen LogP contribution in [0.4, 0.5) is 11.4 Å². The van der Waals surface area contributed by atoms with Crippen LogP contribution in [0.2, 0.25) is 5.02 Å². The van der Waals surface area contributed by atoms with Gasteiger partial charge >= 0.3 is 0 Å². The third kappa shape index (κ3) is 3.00. The van der Waals surface area contributed by atoms with E-state index in [0.29, 0.717) is 16.4 Å². The fraction of sp³-hybridized carbons (Fsp3) is 0.143. The number of carbonyl (C=O) groups is 1. The molecule has 0 bridgehead atoms. The van der Waals surface area contributed by atoms with Crippen molar-refractivity contribution in [2.75, 3.05) is 11.1 Å². The molecule has 0 saturated heterocycles. The summed E-state index contributed by atoms with van der Waals surface area (Å²) in [5.41, 5.74) is 6.26. The van der Waals surface area contributed by atoms with Gasteiger partial charge in [-0.2, -0.15) is 0 Å². The molecule has 1 aromatic carbocycles. The van der Waals surface area contributed by atoms with E-state index < -0.39 is 6.04 Å². The van der Waals surface area contributed by atoms with Gasteiger partial charge < -0.3 is 15.6 Å². The molecule has 0 aliphatic rings. The number of amides is 1. The average molecular weight is 292 g/mol. The van der Waals surface area contributed by atoms with Crippen LogP contribution in [-0.4, -0.2) is 10.5 Å². The normalized spacial score (nSPS) is 11.9. The number of nitrogens with one attached hydrogen (secondary N) is 1. The van der Waals surface area contributed by atoms with Crippen molar-refractivity contribution in [1.29, 1.82) is 0 Å². The maximum Gasteiger partial charge on any atom is 0.251 e. The molecule has 1 heterocycles. The Morgan fingerprint density at radius 2 is 2.00 bits per heavy atom. The van der Waals surface area contributed by atoms with Gasteiger partial charge in [-0.25, -0.2) is 0 Å². The summed E-state index contributed by atoms with van der Waals surface area (Å²) in [6, 6.07) is 9.03. The maximum atomic E-state index is 12.2. The van der Waals surface area contributed by atoms with Crippen LogP contribution in [0.25, 0.3) is 0 Å². The van der Waals surface area contributed by atoms with E-state index in [1.165, 1.54) is 22.9 Å². The van der Waals surface area contributed by atoms with Crippen LogP contribution in [0.5, 0.6) is 0 Å². The van der Waals surface area contributed by atoms with Gasteiger partial charge in [0, 0.05) is 18.0 Å². The Hall–Kier alpha value is -2.27. The van der Waals surface area contributed by atoms with Crippen molar-refractivity contribution in [3.05, 3.63) is 58.0 Å². The number of nitrogens with zero attached hydrogens (tertiary/aromatic N) is 1. The number of benzene rings is 1.